The van der Waals surface area contributed by atoms with Crippen molar-refractivity contribution in [3.63, 3.8) is 0 Å². The van der Waals surface area contributed by atoms with Gasteiger partial charge in [0.15, 0.2) is 0 Å². The number of nitrogens with one attached hydrogen (secondary N) is 1. The minimum Gasteiger partial charge on any atom is -0.481 e. The fraction of sp³-hybridized carbons (Fsp3) is 0.450. The Kier molecular flexibility index (Phi) is 6.95. The van der Waals surface area contributed by atoms with E-state index in [1.165, 1.54) is 0 Å². The molecule has 0 aliphatic heterocycles. The Hall–Kier alpha value is -2.63. The lowest BCUT2D eigenvalue weighted by Crippen LogP contribution is -2.34. The van der Waals surface area contributed by atoms with Crippen molar-refractivity contribution in [2.24, 2.45) is 11.8 Å². The highest BCUT2D eigenvalue weighted by Gasteiger charge is 2.22. The van der Waals surface area contributed by atoms with Gasteiger partial charge in [-0.2, -0.15) is 5.10 Å². The molecule has 1 aromatic heterocycles. The number of nitrogens with zero attached hydrogens (tertiary/aromatic N) is 2. The van der Waals surface area contributed by atoms with E-state index in [-0.39, 0.29) is 18.4 Å². The molecule has 0 radical (unpaired) electrons. The van der Waals surface area contributed by atoms with E-state index in [4.69, 9.17) is 0 Å². The minimum atomic E-state index is -0.880. The Morgan fingerprint density at radius 1 is 1.23 bits per heavy atom. The van der Waals surface area contributed by atoms with Crippen LogP contribution in [-0.2, 0) is 17.8 Å². The summed E-state index contributed by atoms with van der Waals surface area (Å²) >= 11 is 0. The third-order valence-electron chi connectivity index (χ3n) is 4.32. The normalized spacial score (nSPS) is 12.2. The van der Waals surface area contributed by atoms with Gasteiger partial charge in [-0.3, -0.25) is 14.3 Å². The molecule has 140 valence electrons. The molecule has 1 unspecified atom stereocenters. The summed E-state index contributed by atoms with van der Waals surface area (Å²) in [6, 6.07) is 9.94. The van der Waals surface area contributed by atoms with Crippen molar-refractivity contribution in [2.45, 2.75) is 40.2 Å². The first-order valence-electron chi connectivity index (χ1n) is 9.02. The molecule has 0 bridgehead atoms. The monoisotopic (exact) mass is 357 g/mol. The molecule has 1 aromatic carbocycles. The van der Waals surface area contributed by atoms with Crippen LogP contribution in [0.2, 0.25) is 0 Å². The second kappa shape index (κ2) is 9.17. The van der Waals surface area contributed by atoms with E-state index in [1.54, 1.807) is 6.20 Å². The van der Waals surface area contributed by atoms with Crippen molar-refractivity contribution < 1.29 is 14.7 Å². The van der Waals surface area contributed by atoms with Gasteiger partial charge in [-0.05, 0) is 24.3 Å². The van der Waals surface area contributed by atoms with Crippen LogP contribution in [0.15, 0.2) is 36.5 Å². The number of hydrogen-bond donors (Lipinski definition) is 2. The average molecular weight is 357 g/mol. The average Bonchev–Trinajstić information content (AvgIpc) is 3.01. The van der Waals surface area contributed by atoms with E-state index < -0.39 is 11.9 Å². The van der Waals surface area contributed by atoms with Gasteiger partial charge in [-0.15, -0.1) is 0 Å². The molecule has 0 aliphatic rings. The maximum Gasteiger partial charge on any atom is 0.308 e. The number of hydrogen-bond acceptors (Lipinski definition) is 3. The number of carbonyl (C=O) groups is 2. The Balaban J connectivity index is 2.08. The maximum atomic E-state index is 12.5. The molecular formula is C20H27N3O3. The van der Waals surface area contributed by atoms with Gasteiger partial charge in [0.05, 0.1) is 29.9 Å². The van der Waals surface area contributed by atoms with E-state index in [0.29, 0.717) is 24.9 Å². The molecule has 0 saturated carbocycles. The summed E-state index contributed by atoms with van der Waals surface area (Å²) in [6.45, 7) is 6.65. The molecule has 6 heteroatoms. The van der Waals surface area contributed by atoms with Gasteiger partial charge in [0, 0.05) is 6.54 Å². The first-order valence-corrected chi connectivity index (χ1v) is 9.02. The third-order valence-corrected chi connectivity index (χ3v) is 4.32. The number of aliphatic carboxylic acids is 1. The van der Waals surface area contributed by atoms with Crippen molar-refractivity contribution in [2.75, 3.05) is 6.54 Å². The molecule has 0 aliphatic carbocycles. The zero-order valence-electron chi connectivity index (χ0n) is 15.6. The highest BCUT2D eigenvalue weighted by atomic mass is 16.4. The van der Waals surface area contributed by atoms with Crippen molar-refractivity contribution in [1.29, 1.82) is 0 Å². The zero-order valence-corrected chi connectivity index (χ0v) is 15.6. The van der Waals surface area contributed by atoms with Crippen molar-refractivity contribution >= 4 is 11.9 Å². The first-order chi connectivity index (χ1) is 12.4. The number of benzene rings is 1. The fourth-order valence-corrected chi connectivity index (χ4v) is 3.02. The van der Waals surface area contributed by atoms with Gasteiger partial charge in [0.2, 0.25) is 0 Å². The van der Waals surface area contributed by atoms with E-state index in [2.05, 4.69) is 10.4 Å². The Morgan fingerprint density at radius 3 is 2.50 bits per heavy atom. The summed E-state index contributed by atoms with van der Waals surface area (Å²) in [7, 11) is 0. The van der Waals surface area contributed by atoms with E-state index in [0.717, 1.165) is 11.3 Å². The van der Waals surface area contributed by atoms with Crippen LogP contribution in [0, 0.1) is 11.8 Å². The van der Waals surface area contributed by atoms with Crippen LogP contribution in [-0.4, -0.2) is 33.3 Å². The molecule has 0 saturated heterocycles. The highest BCUT2D eigenvalue weighted by Crippen LogP contribution is 2.14. The third kappa shape index (κ3) is 5.18. The van der Waals surface area contributed by atoms with E-state index in [1.807, 2.05) is 55.8 Å². The van der Waals surface area contributed by atoms with Crippen LogP contribution < -0.4 is 5.32 Å². The zero-order chi connectivity index (χ0) is 19.1. The Bertz CT molecular complexity index is 738. The van der Waals surface area contributed by atoms with Gasteiger partial charge >= 0.3 is 5.97 Å². The molecule has 1 atom stereocenters. The number of amides is 1. The van der Waals surface area contributed by atoms with Crippen molar-refractivity contribution in [3.8, 4) is 0 Å². The van der Waals surface area contributed by atoms with Crippen LogP contribution in [0.1, 0.15) is 48.8 Å². The summed E-state index contributed by atoms with van der Waals surface area (Å²) in [5.41, 5.74) is 2.47. The molecule has 2 N–H and O–H groups in total. The lowest BCUT2D eigenvalue weighted by Gasteiger charge is -2.15. The molecule has 0 spiro atoms. The van der Waals surface area contributed by atoms with Gasteiger partial charge in [-0.25, -0.2) is 0 Å². The SMILES string of the molecule is CCc1c(C(=O)NCC(CC(C)C)C(=O)O)cnn1Cc1ccccc1. The molecular weight excluding hydrogens is 330 g/mol. The summed E-state index contributed by atoms with van der Waals surface area (Å²) in [6.07, 6.45) is 2.77. The molecule has 1 heterocycles. The minimum absolute atomic E-state index is 0.124. The summed E-state index contributed by atoms with van der Waals surface area (Å²) in [4.78, 5) is 23.9. The Labute approximate surface area is 154 Å². The van der Waals surface area contributed by atoms with Crippen LogP contribution in [0.3, 0.4) is 0 Å². The molecule has 0 fully saturated rings. The quantitative estimate of drug-likeness (QED) is 0.723. The standard InChI is InChI=1S/C20H27N3O3/c1-4-18-17(12-22-23(18)13-15-8-6-5-7-9-15)19(24)21-11-16(20(25)26)10-14(2)3/h5-9,12,14,16H,4,10-11,13H2,1-3H3,(H,21,24)(H,25,26). The van der Waals surface area contributed by atoms with Crippen molar-refractivity contribution in [1.82, 2.24) is 15.1 Å². The maximum absolute atomic E-state index is 12.5. The van der Waals surface area contributed by atoms with Gasteiger partial charge in [0.25, 0.3) is 5.91 Å². The topological polar surface area (TPSA) is 84.2 Å². The highest BCUT2D eigenvalue weighted by molar-refractivity contribution is 5.95. The van der Waals surface area contributed by atoms with E-state index >= 15 is 0 Å². The van der Waals surface area contributed by atoms with Crippen molar-refractivity contribution in [3.05, 3.63) is 53.3 Å². The van der Waals surface area contributed by atoms with Crippen LogP contribution in [0.5, 0.6) is 0 Å². The molecule has 2 aromatic rings. The number of rotatable bonds is 9. The van der Waals surface area contributed by atoms with Gasteiger partial charge in [0.1, 0.15) is 0 Å². The number of carbonyl (C=O) groups excluding carboxylic acids is 1. The number of aromatic nitrogens is 2. The molecule has 2 rings (SSSR count). The Morgan fingerprint density at radius 2 is 1.92 bits per heavy atom. The van der Waals surface area contributed by atoms with Gasteiger partial charge < -0.3 is 10.4 Å². The van der Waals surface area contributed by atoms with Crippen LogP contribution in [0.4, 0.5) is 0 Å². The van der Waals surface area contributed by atoms with Crippen LogP contribution >= 0.6 is 0 Å². The van der Waals surface area contributed by atoms with E-state index in [9.17, 15) is 14.7 Å². The number of carboxylic acid groups (broad SMARTS) is 1. The predicted molar refractivity (Wildman–Crippen MR) is 100 cm³/mol. The molecule has 26 heavy (non-hydrogen) atoms. The summed E-state index contributed by atoms with van der Waals surface area (Å²) in [5.74, 6) is -1.47. The summed E-state index contributed by atoms with van der Waals surface area (Å²) < 4.78 is 1.83. The molecule has 1 amide bonds. The summed E-state index contributed by atoms with van der Waals surface area (Å²) in [5, 5.41) is 16.4. The lowest BCUT2D eigenvalue weighted by molar-refractivity contribution is -0.142. The van der Waals surface area contributed by atoms with Gasteiger partial charge in [-0.1, -0.05) is 51.1 Å². The second-order valence-electron chi connectivity index (χ2n) is 6.88. The second-order valence-corrected chi connectivity index (χ2v) is 6.88. The predicted octanol–water partition coefficient (Wildman–Crippen LogP) is 2.97. The first kappa shape index (κ1) is 19.7. The largest absolute Gasteiger partial charge is 0.481 e. The lowest BCUT2D eigenvalue weighted by atomic mass is 9.97. The molecule has 6 nitrogen and oxygen atoms in total. The number of carboxylic acids is 1. The smallest absolute Gasteiger partial charge is 0.308 e. The fourth-order valence-electron chi connectivity index (χ4n) is 3.02. The van der Waals surface area contributed by atoms with Crippen LogP contribution in [0.25, 0.3) is 0 Å².